The van der Waals surface area contributed by atoms with E-state index in [-0.39, 0.29) is 18.0 Å². The highest BCUT2D eigenvalue weighted by molar-refractivity contribution is 9.10. The van der Waals surface area contributed by atoms with E-state index in [0.717, 1.165) is 32.6 Å². The van der Waals surface area contributed by atoms with E-state index >= 15 is 0 Å². The van der Waals surface area contributed by atoms with Crippen LogP contribution in [0.5, 0.6) is 17.2 Å². The molecular formula is C25H24BrClN2O3. The second-order valence-corrected chi connectivity index (χ2v) is 8.77. The first-order valence-electron chi connectivity index (χ1n) is 10.4. The van der Waals surface area contributed by atoms with E-state index in [9.17, 15) is 5.11 Å². The quantitative estimate of drug-likeness (QED) is 0.397. The van der Waals surface area contributed by atoms with Gasteiger partial charge >= 0.3 is 0 Å². The minimum absolute atomic E-state index is 0.143. The lowest BCUT2D eigenvalue weighted by Crippen LogP contribution is -2.33. The highest BCUT2D eigenvalue weighted by atomic mass is 79.9. The van der Waals surface area contributed by atoms with Crippen molar-refractivity contribution >= 4 is 33.2 Å². The van der Waals surface area contributed by atoms with Crippen LogP contribution in [0.1, 0.15) is 42.2 Å². The number of ether oxygens (including phenoxy) is 2. The number of nitrogens with one attached hydrogen (secondary N) is 1. The lowest BCUT2D eigenvalue weighted by molar-refractivity contribution is 0.313. The number of rotatable bonds is 6. The second-order valence-electron chi connectivity index (χ2n) is 7.42. The summed E-state index contributed by atoms with van der Waals surface area (Å²) < 4.78 is 12.1. The molecule has 7 heteroatoms. The van der Waals surface area contributed by atoms with Crippen LogP contribution < -0.4 is 14.8 Å². The Morgan fingerprint density at radius 2 is 1.88 bits per heavy atom. The molecule has 1 aliphatic heterocycles. The second kappa shape index (κ2) is 9.94. The minimum atomic E-state index is -0.373. The number of phenols is 1. The van der Waals surface area contributed by atoms with Gasteiger partial charge in [-0.05, 0) is 48.9 Å². The first-order valence-corrected chi connectivity index (χ1v) is 11.5. The van der Waals surface area contributed by atoms with Gasteiger partial charge < -0.3 is 14.6 Å². The summed E-state index contributed by atoms with van der Waals surface area (Å²) in [6, 6.07) is 18.9. The van der Waals surface area contributed by atoms with Gasteiger partial charge in [0.1, 0.15) is 11.9 Å². The molecule has 2 atom stereocenters. The number of nitrogens with zero attached hydrogens (tertiary/aromatic N) is 1. The molecule has 0 saturated heterocycles. The Labute approximate surface area is 201 Å². The third-order valence-corrected chi connectivity index (χ3v) is 6.16. The van der Waals surface area contributed by atoms with Crippen LogP contribution in [0.2, 0.25) is 5.02 Å². The molecule has 0 aliphatic carbocycles. The molecule has 3 aromatic rings. The molecule has 0 aromatic heterocycles. The first-order chi connectivity index (χ1) is 15.5. The molecule has 1 heterocycles. The summed E-state index contributed by atoms with van der Waals surface area (Å²) >= 11 is 9.66. The number of halogens is 2. The van der Waals surface area contributed by atoms with Crippen LogP contribution >= 0.6 is 27.5 Å². The van der Waals surface area contributed by atoms with Crippen molar-refractivity contribution in [2.45, 2.75) is 25.6 Å². The van der Waals surface area contributed by atoms with Gasteiger partial charge in [0.25, 0.3) is 0 Å². The Morgan fingerprint density at radius 1 is 1.09 bits per heavy atom. The van der Waals surface area contributed by atoms with E-state index in [1.54, 1.807) is 13.2 Å². The monoisotopic (exact) mass is 514 g/mol. The SMILES string of the molecule is CCOc1cccc([C@H]2CC(c3ccc(Cl)cc3)=N[C@H](c3cc(Br)ccc3OC)N2)c1O. The van der Waals surface area contributed by atoms with Gasteiger partial charge in [-0.2, -0.15) is 0 Å². The smallest absolute Gasteiger partial charge is 0.162 e. The molecule has 166 valence electrons. The summed E-state index contributed by atoms with van der Waals surface area (Å²) in [6.45, 7) is 2.37. The zero-order valence-corrected chi connectivity index (χ0v) is 20.2. The molecule has 3 aromatic carbocycles. The molecule has 0 bridgehead atoms. The fourth-order valence-corrected chi connectivity index (χ4v) is 4.40. The number of para-hydroxylation sites is 1. The number of phenolic OH excluding ortho intramolecular Hbond substituents is 1. The maximum Gasteiger partial charge on any atom is 0.162 e. The van der Waals surface area contributed by atoms with Gasteiger partial charge in [0.2, 0.25) is 0 Å². The first kappa shape index (κ1) is 22.6. The Kier molecular flexibility index (Phi) is 7.04. The molecule has 0 spiro atoms. The number of benzene rings is 3. The number of methoxy groups -OCH3 is 1. The van der Waals surface area contributed by atoms with Crippen LogP contribution in [0.25, 0.3) is 0 Å². The fraction of sp³-hybridized carbons (Fsp3) is 0.240. The Morgan fingerprint density at radius 3 is 2.59 bits per heavy atom. The van der Waals surface area contributed by atoms with Crippen LogP contribution in [0.4, 0.5) is 0 Å². The van der Waals surface area contributed by atoms with Gasteiger partial charge in [0, 0.05) is 38.8 Å². The number of hydrogen-bond donors (Lipinski definition) is 2. The molecule has 2 N–H and O–H groups in total. The summed E-state index contributed by atoms with van der Waals surface area (Å²) in [6.07, 6.45) is 0.222. The van der Waals surface area contributed by atoms with E-state index in [0.29, 0.717) is 23.8 Å². The Bertz CT molecular complexity index is 1130. The van der Waals surface area contributed by atoms with Crippen molar-refractivity contribution in [3.63, 3.8) is 0 Å². The number of aromatic hydroxyl groups is 1. The predicted octanol–water partition coefficient (Wildman–Crippen LogP) is 6.44. The zero-order valence-electron chi connectivity index (χ0n) is 17.8. The summed E-state index contributed by atoms with van der Waals surface area (Å²) in [5.74, 6) is 1.35. The predicted molar refractivity (Wildman–Crippen MR) is 131 cm³/mol. The van der Waals surface area contributed by atoms with Crippen molar-refractivity contribution in [3.05, 3.63) is 86.8 Å². The van der Waals surface area contributed by atoms with Crippen molar-refractivity contribution < 1.29 is 14.6 Å². The minimum Gasteiger partial charge on any atom is -0.504 e. The molecule has 0 unspecified atom stereocenters. The van der Waals surface area contributed by atoms with Crippen molar-refractivity contribution in [2.24, 2.45) is 4.99 Å². The van der Waals surface area contributed by atoms with Crippen molar-refractivity contribution in [2.75, 3.05) is 13.7 Å². The maximum absolute atomic E-state index is 10.9. The molecular weight excluding hydrogens is 492 g/mol. The van der Waals surface area contributed by atoms with Gasteiger partial charge in [-0.1, -0.05) is 51.8 Å². The van der Waals surface area contributed by atoms with Crippen LogP contribution in [-0.2, 0) is 0 Å². The number of hydrogen-bond acceptors (Lipinski definition) is 5. The Balaban J connectivity index is 1.80. The van der Waals surface area contributed by atoms with E-state index in [1.807, 2.05) is 61.5 Å². The molecule has 32 heavy (non-hydrogen) atoms. The van der Waals surface area contributed by atoms with Gasteiger partial charge in [0.05, 0.1) is 13.7 Å². The molecule has 0 fully saturated rings. The summed E-state index contributed by atoms with van der Waals surface area (Å²) in [7, 11) is 1.65. The zero-order chi connectivity index (χ0) is 22.7. The Hall–Kier alpha value is -2.54. The van der Waals surface area contributed by atoms with Gasteiger partial charge in [-0.25, -0.2) is 0 Å². The largest absolute Gasteiger partial charge is 0.504 e. The van der Waals surface area contributed by atoms with E-state index in [2.05, 4.69) is 21.2 Å². The standard InChI is InChI=1S/C25H24BrClN2O3/c1-3-32-23-6-4-5-18(24(23)30)21-14-20(15-7-10-17(27)11-8-15)28-25(29-21)19-13-16(26)9-12-22(19)31-2/h4-13,21,25,29-30H,3,14H2,1-2H3/t21-,25+/m1/s1. The molecule has 5 nitrogen and oxygen atoms in total. The molecule has 4 rings (SSSR count). The maximum atomic E-state index is 10.9. The van der Waals surface area contributed by atoms with Crippen molar-refractivity contribution in [1.29, 1.82) is 0 Å². The molecule has 1 aliphatic rings. The van der Waals surface area contributed by atoms with E-state index in [4.69, 9.17) is 26.1 Å². The summed E-state index contributed by atoms with van der Waals surface area (Å²) in [4.78, 5) is 5.01. The normalized spacial score (nSPS) is 18.2. The lowest BCUT2D eigenvalue weighted by Gasteiger charge is -2.31. The highest BCUT2D eigenvalue weighted by Crippen LogP contribution is 2.40. The summed E-state index contributed by atoms with van der Waals surface area (Å²) in [5, 5.41) is 15.2. The molecule has 0 radical (unpaired) electrons. The van der Waals surface area contributed by atoms with Crippen LogP contribution in [0, 0.1) is 0 Å². The average molecular weight is 516 g/mol. The van der Waals surface area contributed by atoms with E-state index < -0.39 is 0 Å². The lowest BCUT2D eigenvalue weighted by atomic mass is 9.93. The number of aliphatic imine (C=N–C) groups is 1. The van der Waals surface area contributed by atoms with Crippen molar-refractivity contribution in [1.82, 2.24) is 5.32 Å². The molecule has 0 amide bonds. The van der Waals surface area contributed by atoms with Crippen LogP contribution in [-0.4, -0.2) is 24.5 Å². The third kappa shape index (κ3) is 4.77. The highest BCUT2D eigenvalue weighted by Gasteiger charge is 2.30. The molecule has 0 saturated carbocycles. The topological polar surface area (TPSA) is 63.1 Å². The van der Waals surface area contributed by atoms with Crippen molar-refractivity contribution in [3.8, 4) is 17.2 Å². The average Bonchev–Trinajstić information content (AvgIpc) is 2.80. The van der Waals surface area contributed by atoms with Gasteiger partial charge in [-0.15, -0.1) is 0 Å². The van der Waals surface area contributed by atoms with Crippen LogP contribution in [0.15, 0.2) is 70.1 Å². The summed E-state index contributed by atoms with van der Waals surface area (Å²) in [5.41, 5.74) is 3.56. The van der Waals surface area contributed by atoms with Gasteiger partial charge in [0.15, 0.2) is 11.5 Å². The fourth-order valence-electron chi connectivity index (χ4n) is 3.89. The third-order valence-electron chi connectivity index (χ3n) is 5.41. The van der Waals surface area contributed by atoms with E-state index in [1.165, 1.54) is 0 Å². The van der Waals surface area contributed by atoms with Gasteiger partial charge in [-0.3, -0.25) is 10.3 Å². The van der Waals surface area contributed by atoms with Crippen LogP contribution in [0.3, 0.4) is 0 Å².